The number of carbonyl (C=O) groups excluding carboxylic acids is 2. The van der Waals surface area contributed by atoms with Gasteiger partial charge in [-0.15, -0.1) is 6.58 Å². The van der Waals surface area contributed by atoms with Crippen LogP contribution < -0.4 is 15.4 Å². The fourth-order valence-electron chi connectivity index (χ4n) is 1.60. The average molecular weight is 325 g/mol. The van der Waals surface area contributed by atoms with E-state index in [1.165, 1.54) is 44.2 Å². The van der Waals surface area contributed by atoms with Crippen molar-refractivity contribution in [3.63, 3.8) is 0 Å². The summed E-state index contributed by atoms with van der Waals surface area (Å²) in [6, 6.07) is 4.72. The molecule has 0 aliphatic rings. The van der Waals surface area contributed by atoms with Crippen LogP contribution in [0.4, 0.5) is 5.69 Å². The summed E-state index contributed by atoms with van der Waals surface area (Å²) in [6.45, 7) is 6.52. The van der Waals surface area contributed by atoms with E-state index in [0.29, 0.717) is 5.69 Å². The van der Waals surface area contributed by atoms with E-state index < -0.39 is 22.0 Å². The topological polar surface area (TPSA) is 104 Å². The Balaban J connectivity index is 2.79. The van der Waals surface area contributed by atoms with E-state index in [1.807, 2.05) is 0 Å². The number of anilines is 1. The van der Waals surface area contributed by atoms with Crippen LogP contribution in [0.25, 0.3) is 0 Å². The summed E-state index contributed by atoms with van der Waals surface area (Å²) in [5.41, 5.74) is 0.489. The first-order valence-electron chi connectivity index (χ1n) is 6.55. The zero-order valence-electron chi connectivity index (χ0n) is 12.4. The molecule has 0 aromatic heterocycles. The lowest BCUT2D eigenvalue weighted by Crippen LogP contribution is -2.44. The molecule has 7 nitrogen and oxygen atoms in total. The molecule has 1 atom stereocenters. The average Bonchev–Trinajstić information content (AvgIpc) is 2.44. The molecule has 0 spiro atoms. The minimum Gasteiger partial charge on any atom is -0.351 e. The van der Waals surface area contributed by atoms with Gasteiger partial charge in [-0.2, -0.15) is 4.72 Å². The number of amides is 2. The van der Waals surface area contributed by atoms with E-state index >= 15 is 0 Å². The summed E-state index contributed by atoms with van der Waals surface area (Å²) in [5.74, 6) is -0.695. The largest absolute Gasteiger partial charge is 0.351 e. The number of nitrogens with one attached hydrogen (secondary N) is 3. The van der Waals surface area contributed by atoms with Gasteiger partial charge in [-0.1, -0.05) is 6.08 Å². The van der Waals surface area contributed by atoms with E-state index in [-0.39, 0.29) is 17.3 Å². The lowest BCUT2D eigenvalue weighted by Gasteiger charge is -2.14. The van der Waals surface area contributed by atoms with Crippen LogP contribution >= 0.6 is 0 Å². The molecule has 0 heterocycles. The number of hydrogen-bond acceptors (Lipinski definition) is 4. The van der Waals surface area contributed by atoms with Crippen molar-refractivity contribution in [1.82, 2.24) is 10.0 Å². The Kier molecular flexibility index (Phi) is 6.26. The Bertz CT molecular complexity index is 653. The molecule has 3 N–H and O–H groups in total. The molecule has 0 bridgehead atoms. The first-order valence-corrected chi connectivity index (χ1v) is 8.03. The molecule has 22 heavy (non-hydrogen) atoms. The molecule has 1 rings (SSSR count). The van der Waals surface area contributed by atoms with Crippen molar-refractivity contribution < 1.29 is 18.0 Å². The third-order valence-corrected chi connectivity index (χ3v) is 4.19. The molecule has 0 aliphatic heterocycles. The zero-order valence-corrected chi connectivity index (χ0v) is 13.2. The Morgan fingerprint density at radius 1 is 1.27 bits per heavy atom. The Morgan fingerprint density at radius 2 is 1.86 bits per heavy atom. The van der Waals surface area contributed by atoms with Crippen molar-refractivity contribution in [2.24, 2.45) is 0 Å². The van der Waals surface area contributed by atoms with Gasteiger partial charge < -0.3 is 10.6 Å². The number of benzene rings is 1. The van der Waals surface area contributed by atoms with Crippen LogP contribution in [-0.4, -0.2) is 32.8 Å². The number of hydrogen-bond donors (Lipinski definition) is 3. The second-order valence-electron chi connectivity index (χ2n) is 4.58. The molecular formula is C14H19N3O4S. The molecule has 0 saturated carbocycles. The van der Waals surface area contributed by atoms with Gasteiger partial charge >= 0.3 is 0 Å². The van der Waals surface area contributed by atoms with Crippen molar-refractivity contribution >= 4 is 27.5 Å². The lowest BCUT2D eigenvalue weighted by molar-refractivity contribution is -0.122. The SMILES string of the molecule is C=CCNC(=O)[C@@H](C)NS(=O)(=O)c1ccc(NC(C)=O)cc1. The highest BCUT2D eigenvalue weighted by Gasteiger charge is 2.21. The lowest BCUT2D eigenvalue weighted by atomic mass is 10.3. The first-order chi connectivity index (χ1) is 10.3. The third-order valence-electron chi connectivity index (χ3n) is 2.63. The maximum Gasteiger partial charge on any atom is 0.241 e. The molecule has 1 aromatic carbocycles. The van der Waals surface area contributed by atoms with Crippen molar-refractivity contribution in [3.8, 4) is 0 Å². The predicted octanol–water partition coefficient (Wildman–Crippen LogP) is 0.614. The molecule has 0 fully saturated rings. The van der Waals surface area contributed by atoms with Crippen LogP contribution in [0.15, 0.2) is 41.8 Å². The summed E-state index contributed by atoms with van der Waals surface area (Å²) in [4.78, 5) is 22.6. The van der Waals surface area contributed by atoms with Gasteiger partial charge in [0.05, 0.1) is 10.9 Å². The Hall–Kier alpha value is -2.19. The molecular weight excluding hydrogens is 306 g/mol. The molecule has 2 amide bonds. The van der Waals surface area contributed by atoms with Crippen LogP contribution in [0.1, 0.15) is 13.8 Å². The standard InChI is InChI=1S/C14H19N3O4S/c1-4-9-15-14(19)10(2)17-22(20,21)13-7-5-12(6-8-13)16-11(3)18/h4-8,10,17H,1,9H2,2-3H3,(H,15,19)(H,16,18)/t10-/m1/s1. The van der Waals surface area contributed by atoms with Gasteiger partial charge in [0, 0.05) is 19.2 Å². The second-order valence-corrected chi connectivity index (χ2v) is 6.30. The van der Waals surface area contributed by atoms with Gasteiger partial charge in [0.25, 0.3) is 0 Å². The van der Waals surface area contributed by atoms with Crippen molar-refractivity contribution in [2.75, 3.05) is 11.9 Å². The molecule has 0 unspecified atom stereocenters. The van der Waals surface area contributed by atoms with Gasteiger partial charge in [0.15, 0.2) is 0 Å². The molecule has 0 aliphatic carbocycles. The van der Waals surface area contributed by atoms with Crippen LogP contribution in [0.2, 0.25) is 0 Å². The van der Waals surface area contributed by atoms with E-state index in [9.17, 15) is 18.0 Å². The predicted molar refractivity (Wildman–Crippen MR) is 83.7 cm³/mol. The van der Waals surface area contributed by atoms with E-state index in [4.69, 9.17) is 0 Å². The van der Waals surface area contributed by atoms with Gasteiger partial charge in [0.1, 0.15) is 0 Å². The highest BCUT2D eigenvalue weighted by Crippen LogP contribution is 2.14. The fraction of sp³-hybridized carbons (Fsp3) is 0.286. The van der Waals surface area contributed by atoms with Crippen LogP contribution in [-0.2, 0) is 19.6 Å². The fourth-order valence-corrected chi connectivity index (χ4v) is 2.80. The summed E-state index contributed by atoms with van der Waals surface area (Å²) in [5, 5.41) is 5.04. The monoisotopic (exact) mass is 325 g/mol. The minimum atomic E-state index is -3.82. The molecule has 1 aromatic rings. The minimum absolute atomic E-state index is 0.00460. The van der Waals surface area contributed by atoms with Crippen LogP contribution in [0.3, 0.4) is 0 Å². The van der Waals surface area contributed by atoms with Gasteiger partial charge in [0.2, 0.25) is 21.8 Å². The summed E-state index contributed by atoms with van der Waals surface area (Å²) >= 11 is 0. The molecule has 120 valence electrons. The Morgan fingerprint density at radius 3 is 2.36 bits per heavy atom. The van der Waals surface area contributed by atoms with Gasteiger partial charge in [-0.3, -0.25) is 9.59 Å². The summed E-state index contributed by atoms with van der Waals surface area (Å²) in [7, 11) is -3.82. The number of sulfonamides is 1. The van der Waals surface area contributed by atoms with Crippen LogP contribution in [0.5, 0.6) is 0 Å². The quantitative estimate of drug-likeness (QED) is 0.639. The summed E-state index contributed by atoms with van der Waals surface area (Å²) in [6.07, 6.45) is 1.50. The maximum atomic E-state index is 12.2. The third kappa shape index (κ3) is 5.30. The van der Waals surface area contributed by atoms with Gasteiger partial charge in [-0.05, 0) is 31.2 Å². The van der Waals surface area contributed by atoms with Gasteiger partial charge in [-0.25, -0.2) is 8.42 Å². The molecule has 8 heteroatoms. The first kappa shape index (κ1) is 17.9. The molecule has 0 saturated heterocycles. The van der Waals surface area contributed by atoms with E-state index in [0.717, 1.165) is 0 Å². The highest BCUT2D eigenvalue weighted by molar-refractivity contribution is 7.89. The molecule has 0 radical (unpaired) electrons. The highest BCUT2D eigenvalue weighted by atomic mass is 32.2. The van der Waals surface area contributed by atoms with Crippen molar-refractivity contribution in [2.45, 2.75) is 24.8 Å². The van der Waals surface area contributed by atoms with Crippen molar-refractivity contribution in [3.05, 3.63) is 36.9 Å². The number of carbonyl (C=O) groups is 2. The maximum absolute atomic E-state index is 12.2. The normalized spacial score (nSPS) is 12.3. The van der Waals surface area contributed by atoms with E-state index in [1.54, 1.807) is 0 Å². The van der Waals surface area contributed by atoms with E-state index in [2.05, 4.69) is 21.9 Å². The second kappa shape index (κ2) is 7.71. The zero-order chi connectivity index (χ0) is 16.8. The summed E-state index contributed by atoms with van der Waals surface area (Å²) < 4.78 is 26.6. The smallest absolute Gasteiger partial charge is 0.241 e. The van der Waals surface area contributed by atoms with Crippen molar-refractivity contribution in [1.29, 1.82) is 0 Å². The Labute approximate surface area is 129 Å². The van der Waals surface area contributed by atoms with Crippen LogP contribution in [0, 0.1) is 0 Å². The number of rotatable bonds is 7.